The van der Waals surface area contributed by atoms with Crippen LogP contribution in [0.1, 0.15) is 16.2 Å². The Bertz CT molecular complexity index is 968. The number of carbonyl (C=O) groups is 2. The minimum atomic E-state index is -0.528. The molecule has 25 heavy (non-hydrogen) atoms. The summed E-state index contributed by atoms with van der Waals surface area (Å²) in [6, 6.07) is 12.1. The highest BCUT2D eigenvalue weighted by Crippen LogP contribution is 2.20. The smallest absolute Gasteiger partial charge is 0.271 e. The molecule has 0 radical (unpaired) electrons. The molecular weight excluding hydrogens is 363 g/mol. The Labute approximate surface area is 153 Å². The number of aromatic nitrogens is 2. The van der Waals surface area contributed by atoms with Crippen molar-refractivity contribution in [1.29, 1.82) is 0 Å². The first kappa shape index (κ1) is 17.3. The number of para-hydroxylation sites is 2. The van der Waals surface area contributed by atoms with Gasteiger partial charge in [0.05, 0.1) is 28.0 Å². The van der Waals surface area contributed by atoms with Crippen molar-refractivity contribution in [3.05, 3.63) is 63.9 Å². The summed E-state index contributed by atoms with van der Waals surface area (Å²) in [5.41, 5.74) is 6.65. The number of carbonyl (C=O) groups excluding carboxylic acids is 2. The largest absolute Gasteiger partial charge is 0.331 e. The number of imidazole rings is 1. The Morgan fingerprint density at radius 1 is 1.12 bits per heavy atom. The van der Waals surface area contributed by atoms with Crippen LogP contribution in [0.15, 0.2) is 42.5 Å². The summed E-state index contributed by atoms with van der Waals surface area (Å²) in [7, 11) is 1.84. The molecule has 0 aliphatic heterocycles. The van der Waals surface area contributed by atoms with Gasteiger partial charge in [-0.2, -0.15) is 0 Å². The molecule has 0 aliphatic carbocycles. The van der Waals surface area contributed by atoms with E-state index in [9.17, 15) is 9.59 Å². The Morgan fingerprint density at radius 2 is 1.88 bits per heavy atom. The van der Waals surface area contributed by atoms with E-state index in [4.69, 9.17) is 23.2 Å². The standard InChI is InChI=1S/C17H14Cl2N4O2/c1-23-14-5-3-2-4-13(14)20-15(23)9-16(24)21-22-17(25)11-7-6-10(18)8-12(11)19/h2-8H,9H2,1H3,(H,21,24)(H,22,25). The van der Waals surface area contributed by atoms with Crippen LogP contribution in [0.25, 0.3) is 11.0 Å². The van der Waals surface area contributed by atoms with E-state index in [1.165, 1.54) is 12.1 Å². The molecule has 0 bridgehead atoms. The van der Waals surface area contributed by atoms with Crippen molar-refractivity contribution < 1.29 is 9.59 Å². The molecule has 0 saturated carbocycles. The minimum Gasteiger partial charge on any atom is -0.331 e. The van der Waals surface area contributed by atoms with Crippen LogP contribution in [0, 0.1) is 0 Å². The van der Waals surface area contributed by atoms with E-state index in [2.05, 4.69) is 15.8 Å². The van der Waals surface area contributed by atoms with Crippen LogP contribution in [-0.2, 0) is 18.3 Å². The predicted molar refractivity (Wildman–Crippen MR) is 96.5 cm³/mol. The van der Waals surface area contributed by atoms with E-state index in [-0.39, 0.29) is 17.0 Å². The van der Waals surface area contributed by atoms with Crippen LogP contribution < -0.4 is 10.9 Å². The maximum absolute atomic E-state index is 12.1. The molecule has 3 aromatic rings. The lowest BCUT2D eigenvalue weighted by Crippen LogP contribution is -2.42. The lowest BCUT2D eigenvalue weighted by Gasteiger charge is -2.09. The molecule has 0 fully saturated rings. The van der Waals surface area contributed by atoms with Gasteiger partial charge in [-0.1, -0.05) is 35.3 Å². The highest BCUT2D eigenvalue weighted by Gasteiger charge is 2.14. The number of nitrogens with zero attached hydrogens (tertiary/aromatic N) is 2. The maximum Gasteiger partial charge on any atom is 0.271 e. The van der Waals surface area contributed by atoms with Crippen molar-refractivity contribution in [2.45, 2.75) is 6.42 Å². The highest BCUT2D eigenvalue weighted by molar-refractivity contribution is 6.36. The van der Waals surface area contributed by atoms with Gasteiger partial charge in [-0.05, 0) is 30.3 Å². The molecule has 6 nitrogen and oxygen atoms in total. The van der Waals surface area contributed by atoms with E-state index in [1.54, 1.807) is 6.07 Å². The second kappa shape index (κ2) is 7.13. The molecule has 0 spiro atoms. The van der Waals surface area contributed by atoms with Crippen molar-refractivity contribution in [3.8, 4) is 0 Å². The number of fused-ring (bicyclic) bond motifs is 1. The van der Waals surface area contributed by atoms with Gasteiger partial charge in [0.2, 0.25) is 5.91 Å². The van der Waals surface area contributed by atoms with Gasteiger partial charge in [0, 0.05) is 12.1 Å². The van der Waals surface area contributed by atoms with Crippen LogP contribution in [0.2, 0.25) is 10.0 Å². The quantitative estimate of drug-likeness (QED) is 0.690. The Balaban J connectivity index is 1.64. The monoisotopic (exact) mass is 376 g/mol. The maximum atomic E-state index is 12.1. The van der Waals surface area contributed by atoms with E-state index in [0.717, 1.165) is 11.0 Å². The van der Waals surface area contributed by atoms with Crippen molar-refractivity contribution >= 4 is 46.0 Å². The number of hydrogen-bond acceptors (Lipinski definition) is 3. The average Bonchev–Trinajstić information content (AvgIpc) is 2.89. The van der Waals surface area contributed by atoms with Crippen molar-refractivity contribution in [3.63, 3.8) is 0 Å². The summed E-state index contributed by atoms with van der Waals surface area (Å²) in [6.07, 6.45) is 0.0276. The number of aryl methyl sites for hydroxylation is 1. The van der Waals surface area contributed by atoms with Gasteiger partial charge in [-0.25, -0.2) is 4.98 Å². The zero-order valence-corrected chi connectivity index (χ0v) is 14.7. The molecule has 0 atom stereocenters. The van der Waals surface area contributed by atoms with Gasteiger partial charge in [-0.3, -0.25) is 20.4 Å². The second-order valence-electron chi connectivity index (χ2n) is 5.38. The number of halogens is 2. The third-order valence-electron chi connectivity index (χ3n) is 3.69. The van der Waals surface area contributed by atoms with Crippen LogP contribution in [0.4, 0.5) is 0 Å². The minimum absolute atomic E-state index is 0.0276. The summed E-state index contributed by atoms with van der Waals surface area (Å²) >= 11 is 11.8. The zero-order chi connectivity index (χ0) is 18.0. The van der Waals surface area contributed by atoms with E-state index >= 15 is 0 Å². The molecule has 2 amide bonds. The normalized spacial score (nSPS) is 10.7. The Hall–Kier alpha value is -2.57. The summed E-state index contributed by atoms with van der Waals surface area (Å²) in [5.74, 6) is -0.325. The summed E-state index contributed by atoms with van der Waals surface area (Å²) in [4.78, 5) is 28.6. The second-order valence-corrected chi connectivity index (χ2v) is 6.22. The number of nitrogens with one attached hydrogen (secondary N) is 2. The predicted octanol–water partition coefficient (Wildman–Crippen LogP) is 2.88. The number of amides is 2. The van der Waals surface area contributed by atoms with Crippen molar-refractivity contribution in [1.82, 2.24) is 20.4 Å². The van der Waals surface area contributed by atoms with Gasteiger partial charge in [-0.15, -0.1) is 0 Å². The third-order valence-corrected chi connectivity index (χ3v) is 4.24. The molecule has 1 heterocycles. The average molecular weight is 377 g/mol. The highest BCUT2D eigenvalue weighted by atomic mass is 35.5. The molecule has 0 unspecified atom stereocenters. The fourth-order valence-electron chi connectivity index (χ4n) is 2.41. The fourth-order valence-corrected chi connectivity index (χ4v) is 2.90. The molecule has 3 rings (SSSR count). The van der Waals surface area contributed by atoms with Gasteiger partial charge >= 0.3 is 0 Å². The Kier molecular flexibility index (Phi) is 4.92. The summed E-state index contributed by atoms with van der Waals surface area (Å²) < 4.78 is 1.84. The lowest BCUT2D eigenvalue weighted by atomic mass is 10.2. The molecule has 1 aromatic heterocycles. The van der Waals surface area contributed by atoms with Crippen LogP contribution in [-0.4, -0.2) is 21.4 Å². The number of hydrazine groups is 1. The van der Waals surface area contributed by atoms with Crippen LogP contribution in [0.5, 0.6) is 0 Å². The topological polar surface area (TPSA) is 76.0 Å². The molecule has 0 aliphatic rings. The Morgan fingerprint density at radius 3 is 2.60 bits per heavy atom. The zero-order valence-electron chi connectivity index (χ0n) is 13.2. The van der Waals surface area contributed by atoms with Crippen LogP contribution in [0.3, 0.4) is 0 Å². The van der Waals surface area contributed by atoms with E-state index in [0.29, 0.717) is 10.8 Å². The molecule has 0 saturated heterocycles. The van der Waals surface area contributed by atoms with Gasteiger partial charge < -0.3 is 4.57 Å². The third kappa shape index (κ3) is 3.75. The molecule has 8 heteroatoms. The first-order chi connectivity index (χ1) is 12.0. The first-order valence-corrected chi connectivity index (χ1v) is 8.16. The number of hydrogen-bond donors (Lipinski definition) is 2. The first-order valence-electron chi connectivity index (χ1n) is 7.40. The van der Waals surface area contributed by atoms with Gasteiger partial charge in [0.1, 0.15) is 5.82 Å². The fraction of sp³-hybridized carbons (Fsp3) is 0.118. The van der Waals surface area contributed by atoms with Crippen LogP contribution >= 0.6 is 23.2 Å². The lowest BCUT2D eigenvalue weighted by molar-refractivity contribution is -0.121. The number of rotatable bonds is 3. The number of benzene rings is 2. The summed E-state index contributed by atoms with van der Waals surface area (Å²) in [6.45, 7) is 0. The molecular formula is C17H14Cl2N4O2. The van der Waals surface area contributed by atoms with Gasteiger partial charge in [0.25, 0.3) is 5.91 Å². The summed E-state index contributed by atoms with van der Waals surface area (Å²) in [5, 5.41) is 0.627. The molecule has 2 aromatic carbocycles. The van der Waals surface area contributed by atoms with Crippen molar-refractivity contribution in [2.75, 3.05) is 0 Å². The van der Waals surface area contributed by atoms with Gasteiger partial charge in [0.15, 0.2) is 0 Å². The van der Waals surface area contributed by atoms with E-state index < -0.39 is 11.8 Å². The SMILES string of the molecule is Cn1c(CC(=O)NNC(=O)c2ccc(Cl)cc2Cl)nc2ccccc21. The molecule has 2 N–H and O–H groups in total. The van der Waals surface area contributed by atoms with Crippen molar-refractivity contribution in [2.24, 2.45) is 7.05 Å². The molecule has 128 valence electrons. The van der Waals surface area contributed by atoms with E-state index in [1.807, 2.05) is 35.9 Å².